The summed E-state index contributed by atoms with van der Waals surface area (Å²) in [6.07, 6.45) is 0.930. The molecule has 0 radical (unpaired) electrons. The lowest BCUT2D eigenvalue weighted by atomic mass is 10.2. The average Bonchev–Trinajstić information content (AvgIpc) is 2.17. The Morgan fingerprint density at radius 2 is 2.06 bits per heavy atom. The van der Waals surface area contributed by atoms with Gasteiger partial charge in [-0.05, 0) is 33.7 Å². The summed E-state index contributed by atoms with van der Waals surface area (Å²) in [5.41, 5.74) is 5.51. The van der Waals surface area contributed by atoms with E-state index in [-0.39, 0.29) is 0 Å². The van der Waals surface area contributed by atoms with Crippen LogP contribution >= 0.6 is 0 Å². The average molecular weight is 223 g/mol. The summed E-state index contributed by atoms with van der Waals surface area (Å²) < 4.78 is 0. The Kier molecular flexibility index (Phi) is 4.98. The number of anilines is 2. The molecule has 90 valence electrons. The van der Waals surface area contributed by atoms with Gasteiger partial charge in [0.2, 0.25) is 0 Å². The Morgan fingerprint density at radius 1 is 1.38 bits per heavy atom. The van der Waals surface area contributed by atoms with Gasteiger partial charge in [0.1, 0.15) is 17.5 Å². The van der Waals surface area contributed by atoms with Crippen molar-refractivity contribution >= 4 is 11.6 Å². The molecule has 1 aromatic rings. The molecule has 16 heavy (non-hydrogen) atoms. The summed E-state index contributed by atoms with van der Waals surface area (Å²) in [6.45, 7) is 7.56. The molecule has 5 heteroatoms. The molecule has 0 amide bonds. The topological polar surface area (TPSA) is 75.9 Å². The van der Waals surface area contributed by atoms with Crippen LogP contribution in [0.15, 0.2) is 6.07 Å². The maximum Gasteiger partial charge on any atom is 0.132 e. The maximum absolute atomic E-state index is 5.51. The molecule has 0 aliphatic rings. The Labute approximate surface area is 96.9 Å². The van der Waals surface area contributed by atoms with Gasteiger partial charge >= 0.3 is 0 Å². The summed E-state index contributed by atoms with van der Waals surface area (Å²) >= 11 is 0. The van der Waals surface area contributed by atoms with Crippen LogP contribution in [0.2, 0.25) is 0 Å². The number of aryl methyl sites for hydroxylation is 1. The molecular weight excluding hydrogens is 202 g/mol. The van der Waals surface area contributed by atoms with Gasteiger partial charge in [0, 0.05) is 18.7 Å². The van der Waals surface area contributed by atoms with Gasteiger partial charge in [-0.1, -0.05) is 0 Å². The first kappa shape index (κ1) is 12.7. The van der Waals surface area contributed by atoms with Crippen LogP contribution in [-0.4, -0.2) is 29.1 Å². The minimum Gasteiger partial charge on any atom is -0.370 e. The zero-order valence-corrected chi connectivity index (χ0v) is 10.2. The van der Waals surface area contributed by atoms with Crippen LogP contribution in [-0.2, 0) is 0 Å². The van der Waals surface area contributed by atoms with Crippen LogP contribution < -0.4 is 16.4 Å². The monoisotopic (exact) mass is 223 g/mol. The Hall–Kier alpha value is -1.36. The molecule has 0 spiro atoms. The highest BCUT2D eigenvalue weighted by atomic mass is 15.1. The molecule has 0 fully saturated rings. The molecule has 0 bridgehead atoms. The number of nitrogens with two attached hydrogens (primary N) is 1. The largest absolute Gasteiger partial charge is 0.370 e. The van der Waals surface area contributed by atoms with Crippen molar-refractivity contribution in [3.05, 3.63) is 11.9 Å². The van der Waals surface area contributed by atoms with Crippen molar-refractivity contribution in [2.75, 3.05) is 23.7 Å². The summed E-state index contributed by atoms with van der Waals surface area (Å²) in [7, 11) is 0. The van der Waals surface area contributed by atoms with Crippen molar-refractivity contribution in [2.24, 2.45) is 5.73 Å². The molecular formula is C11H21N5. The second-order valence-corrected chi connectivity index (χ2v) is 3.84. The van der Waals surface area contributed by atoms with Crippen molar-refractivity contribution in [1.29, 1.82) is 0 Å². The van der Waals surface area contributed by atoms with E-state index in [1.165, 1.54) is 0 Å². The van der Waals surface area contributed by atoms with E-state index in [9.17, 15) is 0 Å². The van der Waals surface area contributed by atoms with Gasteiger partial charge in [0.05, 0.1) is 0 Å². The van der Waals surface area contributed by atoms with Crippen LogP contribution in [0, 0.1) is 6.92 Å². The van der Waals surface area contributed by atoms with E-state index in [4.69, 9.17) is 5.73 Å². The minimum atomic E-state index is 0.328. The van der Waals surface area contributed by atoms with Crippen molar-refractivity contribution in [2.45, 2.75) is 33.2 Å². The van der Waals surface area contributed by atoms with Crippen LogP contribution in [0.4, 0.5) is 11.6 Å². The van der Waals surface area contributed by atoms with Crippen molar-refractivity contribution < 1.29 is 0 Å². The standard InChI is InChI=1S/C11H21N5/c1-4-13-10-7-11(16-9(3)15-10)14-8(2)5-6-12/h7-8H,4-6,12H2,1-3H3,(H2,13,14,15,16). The molecule has 0 aromatic carbocycles. The Bertz CT molecular complexity index is 326. The first-order valence-electron chi connectivity index (χ1n) is 5.71. The van der Waals surface area contributed by atoms with Gasteiger partial charge < -0.3 is 16.4 Å². The van der Waals surface area contributed by atoms with Crippen molar-refractivity contribution in [3.8, 4) is 0 Å². The Morgan fingerprint density at radius 3 is 2.69 bits per heavy atom. The quantitative estimate of drug-likeness (QED) is 0.679. The third kappa shape index (κ3) is 4.02. The Balaban J connectivity index is 2.71. The van der Waals surface area contributed by atoms with Gasteiger partial charge in [0.15, 0.2) is 0 Å². The summed E-state index contributed by atoms with van der Waals surface area (Å²) in [6, 6.07) is 2.25. The van der Waals surface area contributed by atoms with E-state index < -0.39 is 0 Å². The smallest absolute Gasteiger partial charge is 0.132 e. The molecule has 0 saturated carbocycles. The van der Waals surface area contributed by atoms with Gasteiger partial charge in [-0.3, -0.25) is 0 Å². The van der Waals surface area contributed by atoms with Gasteiger partial charge in [-0.15, -0.1) is 0 Å². The molecule has 4 N–H and O–H groups in total. The highest BCUT2D eigenvalue weighted by Crippen LogP contribution is 2.12. The van der Waals surface area contributed by atoms with Gasteiger partial charge in [-0.2, -0.15) is 0 Å². The van der Waals surface area contributed by atoms with E-state index in [1.807, 2.05) is 19.9 Å². The number of hydrogen-bond acceptors (Lipinski definition) is 5. The van der Waals surface area contributed by atoms with Crippen LogP contribution in [0.5, 0.6) is 0 Å². The third-order valence-electron chi connectivity index (χ3n) is 2.19. The molecule has 0 saturated heterocycles. The molecule has 1 heterocycles. The van der Waals surface area contributed by atoms with E-state index >= 15 is 0 Å². The SMILES string of the molecule is CCNc1cc(NC(C)CCN)nc(C)n1. The normalized spacial score (nSPS) is 12.2. The molecule has 0 aliphatic heterocycles. The van der Waals surface area contributed by atoms with E-state index in [1.54, 1.807) is 0 Å². The summed E-state index contributed by atoms with van der Waals surface area (Å²) in [5.74, 6) is 2.47. The molecule has 1 atom stereocenters. The van der Waals surface area contributed by atoms with Crippen LogP contribution in [0.1, 0.15) is 26.1 Å². The van der Waals surface area contributed by atoms with Crippen LogP contribution in [0.25, 0.3) is 0 Å². The number of nitrogens with one attached hydrogen (secondary N) is 2. The number of nitrogens with zero attached hydrogens (tertiary/aromatic N) is 2. The lowest BCUT2D eigenvalue weighted by Gasteiger charge is -2.14. The molecule has 5 nitrogen and oxygen atoms in total. The third-order valence-corrected chi connectivity index (χ3v) is 2.19. The number of aromatic nitrogens is 2. The fraction of sp³-hybridized carbons (Fsp3) is 0.636. The molecule has 0 aliphatic carbocycles. The molecule has 1 unspecified atom stereocenters. The fourth-order valence-corrected chi connectivity index (χ4v) is 1.49. The predicted octanol–water partition coefficient (Wildman–Crippen LogP) is 1.37. The first-order valence-corrected chi connectivity index (χ1v) is 5.71. The molecule has 1 aromatic heterocycles. The van der Waals surface area contributed by atoms with E-state index in [0.717, 1.165) is 30.4 Å². The highest BCUT2D eigenvalue weighted by Gasteiger charge is 2.04. The summed E-state index contributed by atoms with van der Waals surface area (Å²) in [5, 5.41) is 6.49. The number of hydrogen-bond donors (Lipinski definition) is 3. The number of rotatable bonds is 6. The minimum absolute atomic E-state index is 0.328. The van der Waals surface area contributed by atoms with Crippen LogP contribution in [0.3, 0.4) is 0 Å². The van der Waals surface area contributed by atoms with Gasteiger partial charge in [0.25, 0.3) is 0 Å². The first-order chi connectivity index (χ1) is 7.65. The van der Waals surface area contributed by atoms with E-state index in [2.05, 4.69) is 27.5 Å². The zero-order valence-electron chi connectivity index (χ0n) is 10.2. The second-order valence-electron chi connectivity index (χ2n) is 3.84. The lowest BCUT2D eigenvalue weighted by molar-refractivity contribution is 0.712. The van der Waals surface area contributed by atoms with Crippen molar-refractivity contribution in [1.82, 2.24) is 9.97 Å². The van der Waals surface area contributed by atoms with Crippen molar-refractivity contribution in [3.63, 3.8) is 0 Å². The summed E-state index contributed by atoms with van der Waals surface area (Å²) in [4.78, 5) is 8.63. The second kappa shape index (κ2) is 6.27. The lowest BCUT2D eigenvalue weighted by Crippen LogP contribution is -2.20. The fourth-order valence-electron chi connectivity index (χ4n) is 1.49. The van der Waals surface area contributed by atoms with Gasteiger partial charge in [-0.25, -0.2) is 9.97 Å². The maximum atomic E-state index is 5.51. The van der Waals surface area contributed by atoms with E-state index in [0.29, 0.717) is 12.6 Å². The predicted molar refractivity (Wildman–Crippen MR) is 67.7 cm³/mol. The molecule has 1 rings (SSSR count). The zero-order chi connectivity index (χ0) is 12.0. The highest BCUT2D eigenvalue weighted by molar-refractivity contribution is 5.47.